The molecule has 0 fully saturated rings. The molecule has 272 valence electrons. The van der Waals surface area contributed by atoms with E-state index in [0.29, 0.717) is 29.3 Å². The van der Waals surface area contributed by atoms with Gasteiger partial charge in [-0.05, 0) is 52.5 Å². The average molecular weight is 747 g/mol. The van der Waals surface area contributed by atoms with Crippen LogP contribution in [0.15, 0.2) is 0 Å². The number of rotatable bonds is 20. The van der Waals surface area contributed by atoms with Gasteiger partial charge in [-0.2, -0.15) is 36.0 Å². The van der Waals surface area contributed by atoms with Crippen LogP contribution in [0.25, 0.3) is 0 Å². The predicted molar refractivity (Wildman–Crippen MR) is 166 cm³/mol. The Labute approximate surface area is 283 Å². The number of thiocarbonyl (C=S) groups is 1. The van der Waals surface area contributed by atoms with Gasteiger partial charge < -0.3 is 23.8 Å². The van der Waals surface area contributed by atoms with Gasteiger partial charge in [-0.25, -0.2) is 0 Å². The Morgan fingerprint density at radius 3 is 1.87 bits per heavy atom. The number of alkyl halides is 7. The Morgan fingerprint density at radius 2 is 1.40 bits per heavy atom. The number of esters is 3. The summed E-state index contributed by atoms with van der Waals surface area (Å²) in [5.74, 6) is -11.7. The summed E-state index contributed by atoms with van der Waals surface area (Å²) in [6, 6.07) is 1.44. The number of ether oxygens (including phenoxy) is 4. The fourth-order valence-electron chi connectivity index (χ4n) is 4.06. The summed E-state index contributed by atoms with van der Waals surface area (Å²) in [5.41, 5.74) is -7.92. The van der Waals surface area contributed by atoms with Crippen LogP contribution in [-0.2, 0) is 33.3 Å². The Hall–Kier alpha value is -1.88. The topological polar surface area (TPSA) is 115 Å². The van der Waals surface area contributed by atoms with E-state index < -0.39 is 65.4 Å². The molecule has 3 unspecified atom stereocenters. The van der Waals surface area contributed by atoms with Crippen LogP contribution in [0.4, 0.5) is 30.7 Å². The molecule has 0 amide bonds. The summed E-state index contributed by atoms with van der Waals surface area (Å²) in [6.45, 7) is 8.65. The van der Waals surface area contributed by atoms with Crippen LogP contribution in [-0.4, -0.2) is 103 Å². The van der Waals surface area contributed by atoms with Gasteiger partial charge in [-0.1, -0.05) is 33.0 Å². The number of nitrogens with zero attached hydrogens (tertiary/aromatic N) is 2. The van der Waals surface area contributed by atoms with E-state index in [1.165, 1.54) is 31.9 Å². The third-order valence-corrected chi connectivity index (χ3v) is 10.6. The SMILES string of the molecule is CCCSC(=S)SCC(C)(CC(C)(C(=O)OC(F)(F)C(F)(F)C(F)(F)F)C(C)(C#N)C(=O)OCCOC)C(=O)OCCN(CC)CC. The van der Waals surface area contributed by atoms with Crippen molar-refractivity contribution in [2.45, 2.75) is 72.6 Å². The second-order valence-electron chi connectivity index (χ2n) is 11.0. The Bertz CT molecular complexity index is 1120. The fourth-order valence-corrected chi connectivity index (χ4v) is 6.27. The first-order valence-electron chi connectivity index (χ1n) is 14.3. The van der Waals surface area contributed by atoms with Gasteiger partial charge in [0.05, 0.1) is 23.5 Å². The van der Waals surface area contributed by atoms with E-state index in [1.54, 1.807) is 0 Å². The van der Waals surface area contributed by atoms with Gasteiger partial charge in [-0.3, -0.25) is 14.4 Å². The molecule has 3 atom stereocenters. The summed E-state index contributed by atoms with van der Waals surface area (Å²) in [7, 11) is 1.22. The van der Waals surface area contributed by atoms with Crippen molar-refractivity contribution in [2.24, 2.45) is 16.2 Å². The molecular weight excluding hydrogens is 706 g/mol. The van der Waals surface area contributed by atoms with Crippen LogP contribution >= 0.6 is 35.7 Å². The summed E-state index contributed by atoms with van der Waals surface area (Å²) in [5, 5.41) is 10.1. The molecule has 0 aliphatic heterocycles. The zero-order chi connectivity index (χ0) is 36.9. The van der Waals surface area contributed by atoms with E-state index >= 15 is 0 Å². The van der Waals surface area contributed by atoms with Crippen molar-refractivity contribution >= 4 is 57.2 Å². The smallest absolute Gasteiger partial charge is 0.464 e. The largest absolute Gasteiger partial charge is 0.476 e. The molecular formula is C28H41F7N2O7S3. The number of nitriles is 1. The highest BCUT2D eigenvalue weighted by Gasteiger charge is 2.77. The molecule has 0 saturated heterocycles. The first kappa shape index (κ1) is 45.1. The van der Waals surface area contributed by atoms with Crippen molar-refractivity contribution in [2.75, 3.05) is 58.1 Å². The van der Waals surface area contributed by atoms with E-state index in [2.05, 4.69) is 4.74 Å². The number of carbonyl (C=O) groups excluding carboxylic acids is 3. The maximum absolute atomic E-state index is 14.4. The number of hydrogen-bond donors (Lipinski definition) is 0. The lowest BCUT2D eigenvalue weighted by atomic mass is 9.59. The van der Waals surface area contributed by atoms with E-state index in [0.717, 1.165) is 25.1 Å². The van der Waals surface area contributed by atoms with Crippen molar-refractivity contribution in [1.82, 2.24) is 4.90 Å². The summed E-state index contributed by atoms with van der Waals surface area (Å²) >= 11 is 7.46. The second-order valence-corrected chi connectivity index (χ2v) is 14.2. The predicted octanol–water partition coefficient (Wildman–Crippen LogP) is 6.49. The van der Waals surface area contributed by atoms with Crippen LogP contribution in [0.2, 0.25) is 0 Å². The molecule has 0 bridgehead atoms. The third-order valence-electron chi connectivity index (χ3n) is 7.35. The third kappa shape index (κ3) is 11.6. The molecule has 0 radical (unpaired) electrons. The van der Waals surface area contributed by atoms with E-state index in [4.69, 9.17) is 26.4 Å². The zero-order valence-electron chi connectivity index (χ0n) is 27.2. The number of halogens is 7. The number of hydrogen-bond acceptors (Lipinski definition) is 12. The van der Waals surface area contributed by atoms with Crippen LogP contribution in [0.5, 0.6) is 0 Å². The number of thioether (sulfide) groups is 2. The van der Waals surface area contributed by atoms with Gasteiger partial charge >= 0.3 is 36.1 Å². The number of likely N-dealkylation sites (N-methyl/N-ethyl adjacent to an activating group) is 1. The standard InChI is InChI=1S/C28H41F7N2O7S3/c1-8-15-46-22(45)47-18-23(4,19(38)42-12-11-37(9-2)10-3)16-24(5,25(6,17-36)20(39)43-14-13-41-7)21(40)44-28(34,35)26(29,30)27(31,32)33/h8-16,18H2,1-7H3. The van der Waals surface area contributed by atoms with Gasteiger partial charge in [0.1, 0.15) is 16.7 Å². The Balaban J connectivity index is 7.14. The van der Waals surface area contributed by atoms with Crippen LogP contribution in [0.1, 0.15) is 54.4 Å². The number of methoxy groups -OCH3 is 1. The minimum atomic E-state index is -6.87. The Kier molecular flexibility index (Phi) is 18.0. The molecule has 0 aromatic carbocycles. The molecule has 19 heteroatoms. The van der Waals surface area contributed by atoms with Crippen LogP contribution in [0, 0.1) is 27.6 Å². The first-order valence-corrected chi connectivity index (χ1v) is 16.7. The lowest BCUT2D eigenvalue weighted by Crippen LogP contribution is -2.59. The van der Waals surface area contributed by atoms with E-state index in [-0.39, 0.29) is 25.5 Å². The van der Waals surface area contributed by atoms with Crippen molar-refractivity contribution < 1.29 is 64.1 Å². The normalized spacial score (nSPS) is 16.3. The molecule has 0 saturated carbocycles. The quantitative estimate of drug-likeness (QED) is 0.0446. The molecule has 0 N–H and O–H groups in total. The molecule has 0 spiro atoms. The molecule has 0 aromatic heterocycles. The van der Waals surface area contributed by atoms with Gasteiger partial charge in [0.25, 0.3) is 0 Å². The highest BCUT2D eigenvalue weighted by molar-refractivity contribution is 8.47. The molecule has 47 heavy (non-hydrogen) atoms. The van der Waals surface area contributed by atoms with E-state index in [9.17, 15) is 50.4 Å². The lowest BCUT2D eigenvalue weighted by Gasteiger charge is -2.43. The van der Waals surface area contributed by atoms with Gasteiger partial charge in [0.15, 0.2) is 5.41 Å². The van der Waals surface area contributed by atoms with Crippen molar-refractivity contribution in [3.8, 4) is 6.07 Å². The lowest BCUT2D eigenvalue weighted by molar-refractivity contribution is -0.414. The average Bonchev–Trinajstić information content (AvgIpc) is 2.99. The maximum atomic E-state index is 14.4. The molecule has 9 nitrogen and oxygen atoms in total. The maximum Gasteiger partial charge on any atom is 0.476 e. The summed E-state index contributed by atoms with van der Waals surface area (Å²) in [4.78, 5) is 42.2. The highest BCUT2D eigenvalue weighted by atomic mass is 32.2. The van der Waals surface area contributed by atoms with Crippen molar-refractivity contribution in [3.05, 3.63) is 0 Å². The molecule has 0 aliphatic carbocycles. The minimum absolute atomic E-state index is 0.193. The summed E-state index contributed by atoms with van der Waals surface area (Å²) < 4.78 is 114. The van der Waals surface area contributed by atoms with Crippen molar-refractivity contribution in [3.63, 3.8) is 0 Å². The molecule has 0 heterocycles. The van der Waals surface area contributed by atoms with Crippen molar-refractivity contribution in [1.29, 1.82) is 5.26 Å². The van der Waals surface area contributed by atoms with Gasteiger partial charge in [-0.15, -0.1) is 23.5 Å². The van der Waals surface area contributed by atoms with Gasteiger partial charge in [0.2, 0.25) is 0 Å². The van der Waals surface area contributed by atoms with Crippen LogP contribution < -0.4 is 0 Å². The van der Waals surface area contributed by atoms with Gasteiger partial charge in [0, 0.05) is 19.4 Å². The zero-order valence-corrected chi connectivity index (χ0v) is 29.6. The highest BCUT2D eigenvalue weighted by Crippen LogP contribution is 2.53. The van der Waals surface area contributed by atoms with Crippen LogP contribution in [0.3, 0.4) is 0 Å². The van der Waals surface area contributed by atoms with E-state index in [1.807, 2.05) is 25.7 Å². The summed E-state index contributed by atoms with van der Waals surface area (Å²) in [6.07, 6.45) is -13.7. The number of carbonyl (C=O) groups is 3. The monoisotopic (exact) mass is 746 g/mol. The second kappa shape index (κ2) is 18.8. The molecule has 0 aromatic rings. The fraction of sp³-hybridized carbons (Fsp3) is 0.821. The first-order chi connectivity index (χ1) is 21.5. The Morgan fingerprint density at radius 1 is 0.851 bits per heavy atom. The molecule has 0 rings (SSSR count). The minimum Gasteiger partial charge on any atom is -0.464 e. The molecule has 0 aliphatic rings.